The number of hydrogen-bond donors (Lipinski definition) is 0. The molecular weight excluding hydrogens is 396 g/mol. The molecule has 0 fully saturated rings. The van der Waals surface area contributed by atoms with Crippen molar-refractivity contribution in [1.29, 1.82) is 0 Å². The van der Waals surface area contributed by atoms with Gasteiger partial charge >= 0.3 is 0 Å². The minimum Gasteiger partial charge on any atom is -0.491 e. The molecule has 4 heterocycles. The highest BCUT2D eigenvalue weighted by molar-refractivity contribution is 5.65. The molecule has 0 unspecified atom stereocenters. The Morgan fingerprint density at radius 3 is 2.81 bits per heavy atom. The van der Waals surface area contributed by atoms with E-state index in [1.54, 1.807) is 23.8 Å². The molecule has 0 aliphatic heterocycles. The number of aryl methyl sites for hydroxylation is 1. The van der Waals surface area contributed by atoms with Crippen molar-refractivity contribution in [3.05, 3.63) is 53.6 Å². The molecule has 1 aliphatic rings. The van der Waals surface area contributed by atoms with E-state index in [4.69, 9.17) is 14.0 Å². The first kappa shape index (κ1) is 19.2. The molecule has 158 valence electrons. The molecule has 5 rings (SSSR count). The average molecular weight is 418 g/mol. The smallest absolute Gasteiger partial charge is 0.275 e. The SMILES string of the molecule is COc1cc2nnc(-c3cc(C)on3)n2nc1OCc1ccc(C2=CCCCC2)cn1. The molecule has 4 aromatic rings. The van der Waals surface area contributed by atoms with Crippen molar-refractivity contribution in [1.82, 2.24) is 30.0 Å². The standard InChI is InChI=1S/C22H22N6O3/c1-14-10-18(27-31-14)21-25-24-20-11-19(29-2)22(26-28(20)21)30-13-17-9-8-16(12-23-17)15-6-4-3-5-7-15/h6,8-12H,3-5,7,13H2,1-2H3. The third-order valence-corrected chi connectivity index (χ3v) is 5.25. The van der Waals surface area contributed by atoms with Gasteiger partial charge < -0.3 is 14.0 Å². The maximum Gasteiger partial charge on any atom is 0.275 e. The normalized spacial score (nSPS) is 13.9. The highest BCUT2D eigenvalue weighted by Gasteiger charge is 2.18. The van der Waals surface area contributed by atoms with Gasteiger partial charge in [-0.15, -0.1) is 15.3 Å². The third-order valence-electron chi connectivity index (χ3n) is 5.25. The van der Waals surface area contributed by atoms with Crippen molar-refractivity contribution in [3.8, 4) is 23.1 Å². The fraction of sp³-hybridized carbons (Fsp3) is 0.318. The number of fused-ring (bicyclic) bond motifs is 1. The Morgan fingerprint density at radius 1 is 1.16 bits per heavy atom. The van der Waals surface area contributed by atoms with E-state index in [2.05, 4.69) is 37.6 Å². The molecule has 31 heavy (non-hydrogen) atoms. The van der Waals surface area contributed by atoms with E-state index in [1.807, 2.05) is 19.2 Å². The van der Waals surface area contributed by atoms with Gasteiger partial charge in [0.1, 0.15) is 12.4 Å². The minimum absolute atomic E-state index is 0.259. The summed E-state index contributed by atoms with van der Waals surface area (Å²) in [6.45, 7) is 2.07. The zero-order chi connectivity index (χ0) is 21.2. The Labute approximate surface area is 178 Å². The molecule has 9 nitrogen and oxygen atoms in total. The van der Waals surface area contributed by atoms with Crippen LogP contribution in [0, 0.1) is 6.92 Å². The summed E-state index contributed by atoms with van der Waals surface area (Å²) in [7, 11) is 1.56. The van der Waals surface area contributed by atoms with E-state index in [-0.39, 0.29) is 6.61 Å². The molecule has 0 atom stereocenters. The summed E-state index contributed by atoms with van der Waals surface area (Å²) in [5.41, 5.74) is 4.42. The van der Waals surface area contributed by atoms with E-state index in [0.29, 0.717) is 34.6 Å². The summed E-state index contributed by atoms with van der Waals surface area (Å²) in [4.78, 5) is 4.56. The Balaban J connectivity index is 1.38. The lowest BCUT2D eigenvalue weighted by atomic mass is 9.95. The number of rotatable bonds is 6. The van der Waals surface area contributed by atoms with Gasteiger partial charge in [0.2, 0.25) is 5.82 Å². The van der Waals surface area contributed by atoms with Crippen LogP contribution in [-0.4, -0.2) is 37.1 Å². The number of hydrogen-bond acceptors (Lipinski definition) is 8. The van der Waals surface area contributed by atoms with Gasteiger partial charge in [0.25, 0.3) is 5.88 Å². The quantitative estimate of drug-likeness (QED) is 0.463. The van der Waals surface area contributed by atoms with Crippen LogP contribution >= 0.6 is 0 Å². The van der Waals surface area contributed by atoms with Gasteiger partial charge in [-0.2, -0.15) is 4.52 Å². The first-order valence-electron chi connectivity index (χ1n) is 10.2. The van der Waals surface area contributed by atoms with E-state index >= 15 is 0 Å². The van der Waals surface area contributed by atoms with Crippen LogP contribution in [0.15, 0.2) is 41.1 Å². The minimum atomic E-state index is 0.259. The molecule has 9 heteroatoms. The number of ether oxygens (including phenoxy) is 2. The van der Waals surface area contributed by atoms with Crippen molar-refractivity contribution in [2.75, 3.05) is 7.11 Å². The van der Waals surface area contributed by atoms with Crippen LogP contribution in [0.5, 0.6) is 11.6 Å². The molecule has 0 bridgehead atoms. The third kappa shape index (κ3) is 3.86. The summed E-state index contributed by atoms with van der Waals surface area (Å²) >= 11 is 0. The summed E-state index contributed by atoms with van der Waals surface area (Å²) < 4.78 is 18.1. The first-order valence-corrected chi connectivity index (χ1v) is 10.2. The highest BCUT2D eigenvalue weighted by atomic mass is 16.5. The van der Waals surface area contributed by atoms with E-state index in [0.717, 1.165) is 18.5 Å². The summed E-state index contributed by atoms with van der Waals surface area (Å²) in [6.07, 6.45) is 9.00. The van der Waals surface area contributed by atoms with Crippen molar-refractivity contribution in [2.24, 2.45) is 0 Å². The second kappa shape index (κ2) is 8.17. The molecule has 0 spiro atoms. The number of allylic oxidation sites excluding steroid dienone is 2. The maximum atomic E-state index is 5.94. The van der Waals surface area contributed by atoms with Gasteiger partial charge in [0.15, 0.2) is 17.1 Å². The van der Waals surface area contributed by atoms with Crippen LogP contribution in [0.25, 0.3) is 22.7 Å². The van der Waals surface area contributed by atoms with Gasteiger partial charge in [-0.1, -0.05) is 17.3 Å². The van der Waals surface area contributed by atoms with Crippen LogP contribution in [0.1, 0.15) is 42.7 Å². The number of aromatic nitrogens is 6. The predicted molar refractivity (Wildman–Crippen MR) is 113 cm³/mol. The van der Waals surface area contributed by atoms with E-state index < -0.39 is 0 Å². The highest BCUT2D eigenvalue weighted by Crippen LogP contribution is 2.29. The van der Waals surface area contributed by atoms with Crippen LogP contribution < -0.4 is 9.47 Å². The molecule has 0 aromatic carbocycles. The average Bonchev–Trinajstić information content (AvgIpc) is 3.43. The van der Waals surface area contributed by atoms with Gasteiger partial charge in [-0.25, -0.2) is 0 Å². The molecule has 0 saturated carbocycles. The number of methoxy groups -OCH3 is 1. The lowest BCUT2D eigenvalue weighted by Gasteiger charge is -2.13. The van der Waals surface area contributed by atoms with Gasteiger partial charge in [0.05, 0.1) is 12.8 Å². The number of pyridine rings is 1. The van der Waals surface area contributed by atoms with Crippen LogP contribution in [-0.2, 0) is 6.61 Å². The fourth-order valence-electron chi connectivity index (χ4n) is 3.62. The lowest BCUT2D eigenvalue weighted by molar-refractivity contribution is 0.264. The molecular formula is C22H22N6O3. The van der Waals surface area contributed by atoms with E-state index in [9.17, 15) is 0 Å². The molecule has 0 amide bonds. The van der Waals surface area contributed by atoms with Crippen molar-refractivity contribution in [3.63, 3.8) is 0 Å². The Kier molecular flexibility index (Phi) is 5.07. The predicted octanol–water partition coefficient (Wildman–Crippen LogP) is 4.03. The lowest BCUT2D eigenvalue weighted by Crippen LogP contribution is -2.05. The van der Waals surface area contributed by atoms with Crippen LogP contribution in [0.2, 0.25) is 0 Å². The van der Waals surface area contributed by atoms with Gasteiger partial charge in [0, 0.05) is 18.3 Å². The Hall–Kier alpha value is -3.75. The van der Waals surface area contributed by atoms with Crippen LogP contribution in [0.3, 0.4) is 0 Å². The summed E-state index contributed by atoms with van der Waals surface area (Å²) in [5.74, 6) is 1.92. The van der Waals surface area contributed by atoms with Crippen molar-refractivity contribution in [2.45, 2.75) is 39.2 Å². The largest absolute Gasteiger partial charge is 0.491 e. The zero-order valence-electron chi connectivity index (χ0n) is 17.4. The molecule has 0 radical (unpaired) electrons. The number of nitrogens with zero attached hydrogens (tertiary/aromatic N) is 6. The zero-order valence-corrected chi connectivity index (χ0v) is 17.4. The second-order valence-electron chi connectivity index (χ2n) is 7.44. The second-order valence-corrected chi connectivity index (χ2v) is 7.44. The topological polar surface area (TPSA) is 100 Å². The van der Waals surface area contributed by atoms with Gasteiger partial charge in [-0.3, -0.25) is 4.98 Å². The van der Waals surface area contributed by atoms with Crippen molar-refractivity contribution >= 4 is 11.2 Å². The molecule has 0 saturated heterocycles. The molecule has 4 aromatic heterocycles. The Bertz CT molecular complexity index is 1240. The fourth-order valence-corrected chi connectivity index (χ4v) is 3.62. The maximum absolute atomic E-state index is 5.94. The molecule has 0 N–H and O–H groups in total. The molecule has 1 aliphatic carbocycles. The Morgan fingerprint density at radius 2 is 2.10 bits per heavy atom. The van der Waals surface area contributed by atoms with Gasteiger partial charge in [-0.05, 0) is 49.8 Å². The first-order chi connectivity index (χ1) is 15.2. The van der Waals surface area contributed by atoms with Crippen LogP contribution in [0.4, 0.5) is 0 Å². The summed E-state index contributed by atoms with van der Waals surface area (Å²) in [5, 5.41) is 16.8. The summed E-state index contributed by atoms with van der Waals surface area (Å²) in [6, 6.07) is 7.58. The van der Waals surface area contributed by atoms with Crippen molar-refractivity contribution < 1.29 is 14.0 Å². The monoisotopic (exact) mass is 418 g/mol. The van der Waals surface area contributed by atoms with E-state index in [1.165, 1.54) is 24.0 Å².